The van der Waals surface area contributed by atoms with Crippen molar-refractivity contribution in [2.45, 2.75) is 18.6 Å². The maximum absolute atomic E-state index is 8.59. The summed E-state index contributed by atoms with van der Waals surface area (Å²) in [6.45, 7) is -0.0970. The number of terminal acetylenes is 1. The molecule has 11 heavy (non-hydrogen) atoms. The quantitative estimate of drug-likeness (QED) is 0.586. The zero-order chi connectivity index (χ0) is 7.98. The van der Waals surface area contributed by atoms with Gasteiger partial charge in [0.05, 0.1) is 18.8 Å². The average molecular weight is 180 g/mol. The van der Waals surface area contributed by atoms with E-state index >= 15 is 0 Å². The third kappa shape index (κ3) is 5.05. The van der Waals surface area contributed by atoms with Gasteiger partial charge in [0.2, 0.25) is 0 Å². The molecule has 0 saturated heterocycles. The molecule has 4 heteroatoms. The Morgan fingerprint density at radius 3 is 2.55 bits per heavy atom. The molecule has 3 nitrogen and oxygen atoms in total. The van der Waals surface area contributed by atoms with E-state index in [9.17, 15) is 0 Å². The fourth-order valence-corrected chi connectivity index (χ4v) is 0.643. The van der Waals surface area contributed by atoms with Gasteiger partial charge in [-0.25, -0.2) is 0 Å². The van der Waals surface area contributed by atoms with Gasteiger partial charge in [-0.15, -0.1) is 24.8 Å². The molecule has 0 unspecified atom stereocenters. The van der Waals surface area contributed by atoms with E-state index in [2.05, 4.69) is 5.92 Å². The molecule has 0 aliphatic heterocycles. The lowest BCUT2D eigenvalue weighted by Crippen LogP contribution is -2.38. The highest BCUT2D eigenvalue weighted by atomic mass is 35.5. The summed E-state index contributed by atoms with van der Waals surface area (Å²) in [4.78, 5) is 0. The van der Waals surface area contributed by atoms with Crippen molar-refractivity contribution in [3.63, 3.8) is 0 Å². The van der Waals surface area contributed by atoms with Crippen molar-refractivity contribution in [3.05, 3.63) is 0 Å². The van der Waals surface area contributed by atoms with E-state index in [0.717, 1.165) is 0 Å². The van der Waals surface area contributed by atoms with Crippen LogP contribution in [0.5, 0.6) is 0 Å². The van der Waals surface area contributed by atoms with Crippen LogP contribution in [0.15, 0.2) is 0 Å². The number of aliphatic hydroxyl groups excluding tert-OH is 1. The first-order valence-corrected chi connectivity index (χ1v) is 3.09. The van der Waals surface area contributed by atoms with Gasteiger partial charge in [0.15, 0.2) is 0 Å². The lowest BCUT2D eigenvalue weighted by molar-refractivity contribution is 0.0633. The molecule has 0 rings (SSSR count). The summed E-state index contributed by atoms with van der Waals surface area (Å²) >= 11 is 0. The van der Waals surface area contributed by atoms with Gasteiger partial charge in [-0.3, -0.25) is 0 Å². The molecule has 0 aromatic heterocycles. The van der Waals surface area contributed by atoms with E-state index in [-0.39, 0.29) is 31.2 Å². The van der Waals surface area contributed by atoms with Crippen LogP contribution < -0.4 is 5.73 Å². The number of aliphatic hydroxyl groups is 1. The van der Waals surface area contributed by atoms with Gasteiger partial charge < -0.3 is 15.6 Å². The van der Waals surface area contributed by atoms with Crippen molar-refractivity contribution >= 4 is 12.4 Å². The second-order valence-corrected chi connectivity index (χ2v) is 2.03. The number of hydrogen-bond acceptors (Lipinski definition) is 3. The summed E-state index contributed by atoms with van der Waals surface area (Å²) in [6.07, 6.45) is 5.25. The first kappa shape index (κ1) is 13.3. The summed E-state index contributed by atoms with van der Waals surface area (Å²) in [7, 11) is 1.53. The molecule has 0 bridgehead atoms. The molecule has 0 aliphatic carbocycles. The fraction of sp³-hybridized carbons (Fsp3) is 0.714. The third-order valence-electron chi connectivity index (χ3n) is 1.31. The summed E-state index contributed by atoms with van der Waals surface area (Å²) in [6, 6.07) is -0.374. The van der Waals surface area contributed by atoms with Crippen molar-refractivity contribution < 1.29 is 9.84 Å². The maximum atomic E-state index is 8.59. The smallest absolute Gasteiger partial charge is 0.0853 e. The van der Waals surface area contributed by atoms with Crippen LogP contribution in [-0.4, -0.2) is 31.0 Å². The predicted octanol–water partition coefficient (Wildman–Crippen LogP) is -0.234. The van der Waals surface area contributed by atoms with Crippen molar-refractivity contribution in [3.8, 4) is 12.3 Å². The Labute approximate surface area is 73.3 Å². The number of rotatable bonds is 4. The molecule has 3 N–H and O–H groups in total. The molecule has 0 saturated carbocycles. The van der Waals surface area contributed by atoms with Crippen molar-refractivity contribution in [1.29, 1.82) is 0 Å². The molecule has 66 valence electrons. The van der Waals surface area contributed by atoms with Crippen LogP contribution in [0.4, 0.5) is 0 Å². The standard InChI is InChI=1S/C7H13NO2.ClH/c1-3-4-7(10-2)6(8)5-9;/h1,6-7,9H,4-5,8H2,2H3;1H/t6-,7+;/m1./s1. The number of methoxy groups -OCH3 is 1. The Morgan fingerprint density at radius 2 is 2.27 bits per heavy atom. The normalized spacial score (nSPS) is 14.4. The second-order valence-electron chi connectivity index (χ2n) is 2.03. The first-order valence-electron chi connectivity index (χ1n) is 3.09. The van der Waals surface area contributed by atoms with Crippen molar-refractivity contribution in [2.75, 3.05) is 13.7 Å². The van der Waals surface area contributed by atoms with E-state index in [1.54, 1.807) is 0 Å². The van der Waals surface area contributed by atoms with Gasteiger partial charge in [0.25, 0.3) is 0 Å². The third-order valence-corrected chi connectivity index (χ3v) is 1.31. The number of halogens is 1. The van der Waals surface area contributed by atoms with Crippen LogP contribution in [0.2, 0.25) is 0 Å². The highest BCUT2D eigenvalue weighted by Gasteiger charge is 2.13. The molecule has 0 radical (unpaired) electrons. The Balaban J connectivity index is 0. The largest absolute Gasteiger partial charge is 0.395 e. The minimum atomic E-state index is -0.374. The first-order chi connectivity index (χ1) is 4.76. The van der Waals surface area contributed by atoms with Gasteiger partial charge in [-0.2, -0.15) is 0 Å². The lowest BCUT2D eigenvalue weighted by atomic mass is 10.1. The molecule has 0 aromatic carbocycles. The zero-order valence-corrected chi connectivity index (χ0v) is 7.30. The monoisotopic (exact) mass is 179 g/mol. The summed E-state index contributed by atoms with van der Waals surface area (Å²) in [5, 5.41) is 8.59. The Bertz CT molecular complexity index is 124. The van der Waals surface area contributed by atoms with Crippen LogP contribution in [0.3, 0.4) is 0 Å². The minimum Gasteiger partial charge on any atom is -0.395 e. The zero-order valence-electron chi connectivity index (χ0n) is 6.49. The number of hydrogen-bond donors (Lipinski definition) is 2. The SMILES string of the molecule is C#CC[C@H](OC)[C@H](N)CO.Cl. The second kappa shape index (κ2) is 7.83. The molecule has 0 heterocycles. The molecule has 0 amide bonds. The van der Waals surface area contributed by atoms with Crippen molar-refractivity contribution in [2.24, 2.45) is 5.73 Å². The topological polar surface area (TPSA) is 55.5 Å². The number of ether oxygens (including phenoxy) is 1. The van der Waals surface area contributed by atoms with Crippen LogP contribution in [0.25, 0.3) is 0 Å². The van der Waals surface area contributed by atoms with E-state index < -0.39 is 0 Å². The molecular weight excluding hydrogens is 166 g/mol. The Hall–Kier alpha value is -0.270. The molecular formula is C7H14ClNO2. The highest BCUT2D eigenvalue weighted by Crippen LogP contribution is 1.99. The van der Waals surface area contributed by atoms with Crippen LogP contribution in [-0.2, 0) is 4.74 Å². The van der Waals surface area contributed by atoms with Gasteiger partial charge in [0, 0.05) is 13.5 Å². The van der Waals surface area contributed by atoms with Gasteiger partial charge in [-0.1, -0.05) is 0 Å². The molecule has 2 atom stereocenters. The molecule has 0 spiro atoms. The molecule has 0 aromatic rings. The van der Waals surface area contributed by atoms with Crippen molar-refractivity contribution in [1.82, 2.24) is 0 Å². The van der Waals surface area contributed by atoms with E-state index in [1.165, 1.54) is 7.11 Å². The van der Waals surface area contributed by atoms with E-state index in [1.807, 2.05) is 0 Å². The van der Waals surface area contributed by atoms with E-state index in [0.29, 0.717) is 6.42 Å². The van der Waals surface area contributed by atoms with Gasteiger partial charge >= 0.3 is 0 Å². The van der Waals surface area contributed by atoms with E-state index in [4.69, 9.17) is 22.0 Å². The maximum Gasteiger partial charge on any atom is 0.0853 e. The average Bonchev–Trinajstić information content (AvgIpc) is 1.99. The van der Waals surface area contributed by atoms with Crippen LogP contribution >= 0.6 is 12.4 Å². The van der Waals surface area contributed by atoms with Crippen LogP contribution in [0.1, 0.15) is 6.42 Å². The molecule has 0 aliphatic rings. The van der Waals surface area contributed by atoms with Gasteiger partial charge in [-0.05, 0) is 0 Å². The predicted molar refractivity (Wildman–Crippen MR) is 46.6 cm³/mol. The fourth-order valence-electron chi connectivity index (χ4n) is 0.643. The summed E-state index contributed by atoms with van der Waals surface area (Å²) in [5.74, 6) is 2.42. The Morgan fingerprint density at radius 1 is 1.73 bits per heavy atom. The lowest BCUT2D eigenvalue weighted by Gasteiger charge is -2.17. The minimum absolute atomic E-state index is 0. The van der Waals surface area contributed by atoms with Gasteiger partial charge in [0.1, 0.15) is 0 Å². The summed E-state index contributed by atoms with van der Waals surface area (Å²) in [5.41, 5.74) is 5.44. The molecule has 0 fully saturated rings. The Kier molecular flexibility index (Phi) is 9.49. The number of nitrogens with two attached hydrogens (primary N) is 1. The highest BCUT2D eigenvalue weighted by molar-refractivity contribution is 5.85. The van der Waals surface area contributed by atoms with Crippen LogP contribution in [0, 0.1) is 12.3 Å². The summed E-state index contributed by atoms with van der Waals surface area (Å²) < 4.78 is 4.92.